The average Bonchev–Trinajstić information content (AvgIpc) is 2.31. The first-order valence-electron chi connectivity index (χ1n) is 4.58. The molecule has 1 aromatic rings. The highest BCUT2D eigenvalue weighted by atomic mass is 32.1. The van der Waals surface area contributed by atoms with Gasteiger partial charge >= 0.3 is 0 Å². The van der Waals surface area contributed by atoms with E-state index >= 15 is 0 Å². The van der Waals surface area contributed by atoms with Crippen LogP contribution in [0.15, 0.2) is 6.20 Å². The highest BCUT2D eigenvalue weighted by Crippen LogP contribution is 2.15. The lowest BCUT2D eigenvalue weighted by molar-refractivity contribution is 0.174. The van der Waals surface area contributed by atoms with Crippen LogP contribution in [0, 0.1) is 6.92 Å². The number of rotatable bonds is 3. The molecule has 2 heterocycles. The zero-order valence-corrected chi connectivity index (χ0v) is 8.90. The van der Waals surface area contributed by atoms with Crippen molar-refractivity contribution in [3.05, 3.63) is 16.1 Å². The van der Waals surface area contributed by atoms with Crippen molar-refractivity contribution in [3.8, 4) is 0 Å². The van der Waals surface area contributed by atoms with E-state index in [-0.39, 0.29) is 0 Å². The SMILES string of the molecule is Cc1ncc(CN(C)C2CNC2)s1. The molecule has 1 saturated heterocycles. The number of aromatic nitrogens is 1. The van der Waals surface area contributed by atoms with Crippen LogP contribution in [0.5, 0.6) is 0 Å². The van der Waals surface area contributed by atoms with Gasteiger partial charge in [0.1, 0.15) is 0 Å². The molecule has 1 N–H and O–H groups in total. The maximum atomic E-state index is 4.25. The maximum Gasteiger partial charge on any atom is 0.0897 e. The van der Waals surface area contributed by atoms with E-state index in [9.17, 15) is 0 Å². The second-order valence-corrected chi connectivity index (χ2v) is 4.89. The van der Waals surface area contributed by atoms with Crippen LogP contribution in [0.2, 0.25) is 0 Å². The molecular weight excluding hydrogens is 182 g/mol. The predicted molar refractivity (Wildman–Crippen MR) is 55.0 cm³/mol. The van der Waals surface area contributed by atoms with E-state index in [0.717, 1.165) is 30.7 Å². The molecule has 1 aliphatic rings. The lowest BCUT2D eigenvalue weighted by Crippen LogP contribution is -2.55. The van der Waals surface area contributed by atoms with Crippen LogP contribution in [-0.2, 0) is 6.54 Å². The van der Waals surface area contributed by atoms with Gasteiger partial charge in [0.15, 0.2) is 0 Å². The Kier molecular flexibility index (Phi) is 2.62. The molecule has 0 aromatic carbocycles. The van der Waals surface area contributed by atoms with Crippen LogP contribution < -0.4 is 5.32 Å². The summed E-state index contributed by atoms with van der Waals surface area (Å²) < 4.78 is 0. The smallest absolute Gasteiger partial charge is 0.0897 e. The Morgan fingerprint density at radius 1 is 1.69 bits per heavy atom. The summed E-state index contributed by atoms with van der Waals surface area (Å²) in [7, 11) is 2.18. The van der Waals surface area contributed by atoms with E-state index in [4.69, 9.17) is 0 Å². The number of hydrogen-bond donors (Lipinski definition) is 1. The number of nitrogens with one attached hydrogen (secondary N) is 1. The summed E-state index contributed by atoms with van der Waals surface area (Å²) in [4.78, 5) is 8.01. The maximum absolute atomic E-state index is 4.25. The standard InChI is InChI=1S/C9H15N3S/c1-7-11-5-9(13-7)6-12(2)8-3-10-4-8/h5,8,10H,3-4,6H2,1-2H3. The molecule has 0 bridgehead atoms. The van der Waals surface area contributed by atoms with Gasteiger partial charge in [0.2, 0.25) is 0 Å². The fraction of sp³-hybridized carbons (Fsp3) is 0.667. The van der Waals surface area contributed by atoms with Crippen molar-refractivity contribution in [2.45, 2.75) is 19.5 Å². The molecule has 3 nitrogen and oxygen atoms in total. The minimum atomic E-state index is 0.724. The molecule has 4 heteroatoms. The normalized spacial score (nSPS) is 17.8. The molecule has 1 aliphatic heterocycles. The first kappa shape index (κ1) is 9.12. The predicted octanol–water partition coefficient (Wildman–Crippen LogP) is 0.855. The van der Waals surface area contributed by atoms with Crippen LogP contribution in [0.4, 0.5) is 0 Å². The minimum Gasteiger partial charge on any atom is -0.314 e. The van der Waals surface area contributed by atoms with Gasteiger partial charge in [0, 0.05) is 36.8 Å². The Morgan fingerprint density at radius 3 is 2.92 bits per heavy atom. The molecule has 0 radical (unpaired) electrons. The fourth-order valence-electron chi connectivity index (χ4n) is 1.44. The molecular formula is C9H15N3S. The summed E-state index contributed by atoms with van der Waals surface area (Å²) in [5.41, 5.74) is 0. The van der Waals surface area contributed by atoms with Gasteiger partial charge in [0.05, 0.1) is 5.01 Å². The van der Waals surface area contributed by atoms with Gasteiger partial charge in [-0.1, -0.05) is 0 Å². The summed E-state index contributed by atoms with van der Waals surface area (Å²) in [5.74, 6) is 0. The molecule has 0 unspecified atom stereocenters. The van der Waals surface area contributed by atoms with Gasteiger partial charge < -0.3 is 5.32 Å². The van der Waals surface area contributed by atoms with Gasteiger partial charge in [-0.25, -0.2) is 4.98 Å². The Labute approximate surface area is 82.8 Å². The third kappa shape index (κ3) is 2.07. The Bertz CT molecular complexity index is 280. The van der Waals surface area contributed by atoms with Crippen LogP contribution >= 0.6 is 11.3 Å². The number of thiazole rings is 1. The molecule has 0 aliphatic carbocycles. The van der Waals surface area contributed by atoms with E-state index in [2.05, 4.69) is 29.2 Å². The highest BCUT2D eigenvalue weighted by Gasteiger charge is 2.21. The molecule has 0 saturated carbocycles. The van der Waals surface area contributed by atoms with Crippen molar-refractivity contribution in [2.75, 3.05) is 20.1 Å². The minimum absolute atomic E-state index is 0.724. The number of aryl methyl sites for hydroxylation is 1. The monoisotopic (exact) mass is 197 g/mol. The molecule has 72 valence electrons. The van der Waals surface area contributed by atoms with E-state index in [1.165, 1.54) is 4.88 Å². The van der Waals surface area contributed by atoms with Crippen LogP contribution in [0.3, 0.4) is 0 Å². The van der Waals surface area contributed by atoms with Crippen LogP contribution in [-0.4, -0.2) is 36.1 Å². The molecule has 1 aromatic heterocycles. The summed E-state index contributed by atoms with van der Waals surface area (Å²) in [6.07, 6.45) is 1.99. The topological polar surface area (TPSA) is 28.2 Å². The molecule has 1 fully saturated rings. The Hall–Kier alpha value is -0.450. The molecule has 0 spiro atoms. The second-order valence-electron chi connectivity index (χ2n) is 3.57. The van der Waals surface area contributed by atoms with Crippen molar-refractivity contribution in [3.63, 3.8) is 0 Å². The van der Waals surface area contributed by atoms with Crippen molar-refractivity contribution >= 4 is 11.3 Å². The van der Waals surface area contributed by atoms with E-state index in [1.807, 2.05) is 6.20 Å². The number of nitrogens with zero attached hydrogens (tertiary/aromatic N) is 2. The lowest BCUT2D eigenvalue weighted by atomic mass is 10.1. The first-order valence-corrected chi connectivity index (χ1v) is 5.39. The lowest BCUT2D eigenvalue weighted by Gasteiger charge is -2.35. The van der Waals surface area contributed by atoms with E-state index < -0.39 is 0 Å². The molecule has 0 amide bonds. The largest absolute Gasteiger partial charge is 0.314 e. The van der Waals surface area contributed by atoms with Gasteiger partial charge in [-0.15, -0.1) is 11.3 Å². The van der Waals surface area contributed by atoms with Crippen molar-refractivity contribution < 1.29 is 0 Å². The molecule has 0 atom stereocenters. The van der Waals surface area contributed by atoms with Crippen molar-refractivity contribution in [2.24, 2.45) is 0 Å². The van der Waals surface area contributed by atoms with Gasteiger partial charge in [0.25, 0.3) is 0 Å². The van der Waals surface area contributed by atoms with Crippen LogP contribution in [0.25, 0.3) is 0 Å². The van der Waals surface area contributed by atoms with Gasteiger partial charge in [-0.3, -0.25) is 4.90 Å². The zero-order valence-electron chi connectivity index (χ0n) is 8.08. The van der Waals surface area contributed by atoms with Crippen LogP contribution in [0.1, 0.15) is 9.88 Å². The van der Waals surface area contributed by atoms with Crippen molar-refractivity contribution in [1.29, 1.82) is 0 Å². The van der Waals surface area contributed by atoms with Crippen molar-refractivity contribution in [1.82, 2.24) is 15.2 Å². The highest BCUT2D eigenvalue weighted by molar-refractivity contribution is 7.11. The molecule has 2 rings (SSSR count). The van der Waals surface area contributed by atoms with E-state index in [0.29, 0.717) is 0 Å². The summed E-state index contributed by atoms with van der Waals surface area (Å²) >= 11 is 1.79. The third-order valence-corrected chi connectivity index (χ3v) is 3.36. The van der Waals surface area contributed by atoms with Gasteiger partial charge in [-0.2, -0.15) is 0 Å². The number of likely N-dealkylation sites (N-methyl/N-ethyl adjacent to an activating group) is 1. The summed E-state index contributed by atoms with van der Waals surface area (Å²) in [5, 5.41) is 4.44. The number of hydrogen-bond acceptors (Lipinski definition) is 4. The summed E-state index contributed by atoms with van der Waals surface area (Å²) in [6, 6.07) is 0.724. The van der Waals surface area contributed by atoms with Gasteiger partial charge in [-0.05, 0) is 14.0 Å². The third-order valence-electron chi connectivity index (χ3n) is 2.46. The summed E-state index contributed by atoms with van der Waals surface area (Å²) in [6.45, 7) is 5.36. The Morgan fingerprint density at radius 2 is 2.46 bits per heavy atom. The average molecular weight is 197 g/mol. The second kappa shape index (κ2) is 3.74. The quantitative estimate of drug-likeness (QED) is 0.779. The fourth-order valence-corrected chi connectivity index (χ4v) is 2.30. The zero-order chi connectivity index (χ0) is 9.26. The Balaban J connectivity index is 1.89. The first-order chi connectivity index (χ1) is 6.25. The van der Waals surface area contributed by atoms with E-state index in [1.54, 1.807) is 11.3 Å². The molecule has 13 heavy (non-hydrogen) atoms.